The van der Waals surface area contributed by atoms with Crippen LogP contribution in [0.4, 0.5) is 0 Å². The highest BCUT2D eigenvalue weighted by Crippen LogP contribution is 2.23. The van der Waals surface area contributed by atoms with E-state index in [-0.39, 0.29) is 23.5 Å². The van der Waals surface area contributed by atoms with Crippen molar-refractivity contribution in [2.24, 2.45) is 12.8 Å². The molecular weight excluding hydrogens is 242 g/mol. The Morgan fingerprint density at radius 3 is 2.58 bits per heavy atom. The summed E-state index contributed by atoms with van der Waals surface area (Å²) in [7, 11) is 1.81. The largest absolute Gasteiger partial charge is 0.326 e. The van der Waals surface area contributed by atoms with Crippen LogP contribution < -0.4 is 5.73 Å². The van der Waals surface area contributed by atoms with E-state index in [2.05, 4.69) is 10.1 Å². The minimum absolute atomic E-state index is 0.108. The summed E-state index contributed by atoms with van der Waals surface area (Å²) in [5.41, 5.74) is 7.20. The number of aromatic nitrogens is 4. The molecule has 2 atom stereocenters. The standard InChI is InChI=1S/C12H13N7/c1-8(15)12(9-5-17-18(2)6-9)19-7-16-10(3-13)11(19)4-14/h5-8,12H,15H2,1-2H3. The zero-order valence-electron chi connectivity index (χ0n) is 10.6. The van der Waals surface area contributed by atoms with Crippen molar-refractivity contribution >= 4 is 0 Å². The normalized spacial score (nSPS) is 13.5. The molecule has 2 heterocycles. The lowest BCUT2D eigenvalue weighted by atomic mass is 10.0. The molecule has 0 aliphatic rings. The monoisotopic (exact) mass is 255 g/mol. The van der Waals surface area contributed by atoms with Gasteiger partial charge < -0.3 is 10.3 Å². The van der Waals surface area contributed by atoms with Gasteiger partial charge in [0.25, 0.3) is 0 Å². The third-order valence-electron chi connectivity index (χ3n) is 2.87. The number of nitrogens with two attached hydrogens (primary N) is 1. The quantitative estimate of drug-likeness (QED) is 0.848. The molecule has 0 fully saturated rings. The Hall–Kier alpha value is -2.64. The number of aryl methyl sites for hydroxylation is 1. The van der Waals surface area contributed by atoms with Crippen LogP contribution in [0.5, 0.6) is 0 Å². The lowest BCUT2D eigenvalue weighted by Gasteiger charge is -2.21. The van der Waals surface area contributed by atoms with Gasteiger partial charge >= 0.3 is 0 Å². The van der Waals surface area contributed by atoms with Gasteiger partial charge in [-0.25, -0.2) is 4.98 Å². The fraction of sp³-hybridized carbons (Fsp3) is 0.333. The molecule has 2 rings (SSSR count). The summed E-state index contributed by atoms with van der Waals surface area (Å²) in [6.45, 7) is 1.84. The van der Waals surface area contributed by atoms with E-state index in [0.29, 0.717) is 0 Å². The lowest BCUT2D eigenvalue weighted by Crippen LogP contribution is -2.30. The van der Waals surface area contributed by atoms with Crippen molar-refractivity contribution in [1.29, 1.82) is 10.5 Å². The molecule has 2 aromatic heterocycles. The smallest absolute Gasteiger partial charge is 0.176 e. The van der Waals surface area contributed by atoms with Gasteiger partial charge in [0, 0.05) is 24.8 Å². The molecule has 7 heteroatoms. The first-order valence-electron chi connectivity index (χ1n) is 5.69. The maximum atomic E-state index is 9.18. The van der Waals surface area contributed by atoms with Gasteiger partial charge in [-0.1, -0.05) is 0 Å². The fourth-order valence-corrected chi connectivity index (χ4v) is 2.07. The van der Waals surface area contributed by atoms with Crippen LogP contribution >= 0.6 is 0 Å². The third kappa shape index (κ3) is 2.19. The van der Waals surface area contributed by atoms with Crippen LogP contribution in [0, 0.1) is 22.7 Å². The van der Waals surface area contributed by atoms with E-state index >= 15 is 0 Å². The number of imidazole rings is 1. The zero-order chi connectivity index (χ0) is 14.0. The van der Waals surface area contributed by atoms with Crippen molar-refractivity contribution < 1.29 is 0 Å². The molecule has 0 radical (unpaired) electrons. The second kappa shape index (κ2) is 4.92. The van der Waals surface area contributed by atoms with Gasteiger partial charge in [-0.2, -0.15) is 15.6 Å². The van der Waals surface area contributed by atoms with Gasteiger partial charge in [-0.3, -0.25) is 4.68 Å². The van der Waals surface area contributed by atoms with Crippen LogP contribution in [0.15, 0.2) is 18.7 Å². The highest BCUT2D eigenvalue weighted by atomic mass is 15.2. The second-order valence-electron chi connectivity index (χ2n) is 4.32. The average Bonchev–Trinajstić information content (AvgIpc) is 2.96. The molecule has 7 nitrogen and oxygen atoms in total. The van der Waals surface area contributed by atoms with Crippen LogP contribution in [0.2, 0.25) is 0 Å². The SMILES string of the molecule is CC(N)C(c1cnn(C)c1)n1cnc(C#N)c1C#N. The maximum absolute atomic E-state index is 9.18. The number of rotatable bonds is 3. The summed E-state index contributed by atoms with van der Waals surface area (Å²) in [5.74, 6) is 0. The molecule has 0 saturated heterocycles. The Labute approximate surface area is 110 Å². The van der Waals surface area contributed by atoms with E-state index < -0.39 is 0 Å². The Kier molecular flexibility index (Phi) is 3.32. The van der Waals surface area contributed by atoms with E-state index in [1.807, 2.05) is 32.3 Å². The molecule has 0 spiro atoms. The Morgan fingerprint density at radius 1 is 1.37 bits per heavy atom. The molecule has 0 saturated carbocycles. The third-order valence-corrected chi connectivity index (χ3v) is 2.87. The van der Waals surface area contributed by atoms with Gasteiger partial charge in [0.1, 0.15) is 12.1 Å². The minimum Gasteiger partial charge on any atom is -0.326 e. The molecule has 19 heavy (non-hydrogen) atoms. The molecule has 0 aliphatic heterocycles. The van der Waals surface area contributed by atoms with Crippen molar-refractivity contribution in [2.45, 2.75) is 19.0 Å². The second-order valence-corrected chi connectivity index (χ2v) is 4.32. The predicted octanol–water partition coefficient (Wildman–Crippen LogP) is 0.297. The molecule has 0 amide bonds. The number of nitriles is 2. The Bertz CT molecular complexity index is 665. The first kappa shape index (κ1) is 12.8. The van der Waals surface area contributed by atoms with E-state index in [0.717, 1.165) is 5.56 Å². The molecule has 96 valence electrons. The fourth-order valence-electron chi connectivity index (χ4n) is 2.07. The van der Waals surface area contributed by atoms with E-state index in [1.54, 1.807) is 15.4 Å². The minimum atomic E-state index is -0.280. The van der Waals surface area contributed by atoms with Crippen LogP contribution in [0.25, 0.3) is 0 Å². The Balaban J connectivity index is 2.56. The highest BCUT2D eigenvalue weighted by Gasteiger charge is 2.24. The highest BCUT2D eigenvalue weighted by molar-refractivity contribution is 5.37. The number of hydrogen-bond acceptors (Lipinski definition) is 5. The van der Waals surface area contributed by atoms with Crippen molar-refractivity contribution in [3.05, 3.63) is 35.7 Å². The number of nitrogens with zero attached hydrogens (tertiary/aromatic N) is 6. The Morgan fingerprint density at radius 2 is 2.11 bits per heavy atom. The van der Waals surface area contributed by atoms with Gasteiger partial charge in [0.15, 0.2) is 11.4 Å². The van der Waals surface area contributed by atoms with Crippen LogP contribution in [0.1, 0.15) is 29.9 Å². The summed E-state index contributed by atoms with van der Waals surface area (Å²) >= 11 is 0. The van der Waals surface area contributed by atoms with Crippen molar-refractivity contribution in [2.75, 3.05) is 0 Å². The zero-order valence-corrected chi connectivity index (χ0v) is 10.6. The van der Waals surface area contributed by atoms with Crippen molar-refractivity contribution in [1.82, 2.24) is 19.3 Å². The van der Waals surface area contributed by atoms with E-state index in [4.69, 9.17) is 11.0 Å². The van der Waals surface area contributed by atoms with Gasteiger partial charge in [-0.15, -0.1) is 0 Å². The summed E-state index contributed by atoms with van der Waals surface area (Å²) in [5, 5.41) is 22.2. The first-order chi connectivity index (χ1) is 9.08. The van der Waals surface area contributed by atoms with E-state index in [1.165, 1.54) is 6.33 Å². The molecule has 2 aromatic rings. The van der Waals surface area contributed by atoms with Gasteiger partial charge in [0.05, 0.1) is 18.6 Å². The summed E-state index contributed by atoms with van der Waals surface area (Å²) in [6.07, 6.45) is 5.00. The average molecular weight is 255 g/mol. The summed E-state index contributed by atoms with van der Waals surface area (Å²) in [6, 6.07) is 3.37. The molecular formula is C12H13N7. The van der Waals surface area contributed by atoms with Gasteiger partial charge in [-0.05, 0) is 6.92 Å². The van der Waals surface area contributed by atoms with Crippen LogP contribution in [0.3, 0.4) is 0 Å². The number of hydrogen-bond donors (Lipinski definition) is 1. The molecule has 0 aromatic carbocycles. The van der Waals surface area contributed by atoms with Crippen molar-refractivity contribution in [3.8, 4) is 12.1 Å². The molecule has 2 N–H and O–H groups in total. The van der Waals surface area contributed by atoms with Crippen LogP contribution in [-0.4, -0.2) is 25.4 Å². The summed E-state index contributed by atoms with van der Waals surface area (Å²) in [4.78, 5) is 3.94. The molecule has 2 unspecified atom stereocenters. The lowest BCUT2D eigenvalue weighted by molar-refractivity contribution is 0.492. The maximum Gasteiger partial charge on any atom is 0.176 e. The van der Waals surface area contributed by atoms with Crippen LogP contribution in [-0.2, 0) is 7.05 Å². The molecule has 0 bridgehead atoms. The van der Waals surface area contributed by atoms with E-state index in [9.17, 15) is 5.26 Å². The molecule has 0 aliphatic carbocycles. The predicted molar refractivity (Wildman–Crippen MR) is 66.7 cm³/mol. The van der Waals surface area contributed by atoms with Crippen molar-refractivity contribution in [3.63, 3.8) is 0 Å². The van der Waals surface area contributed by atoms with Gasteiger partial charge in [0.2, 0.25) is 0 Å². The topological polar surface area (TPSA) is 109 Å². The first-order valence-corrected chi connectivity index (χ1v) is 5.69. The summed E-state index contributed by atoms with van der Waals surface area (Å²) < 4.78 is 3.29.